The highest BCUT2D eigenvalue weighted by atomic mass is 15.0. The molecular formula is C42H77N. The lowest BCUT2D eigenvalue weighted by Crippen LogP contribution is -2.12. The molecule has 1 nitrogen and oxygen atoms in total. The SMILES string of the molecule is CCCCC/C=C\CC=CCCCCCCCCC(=CCCN(C)C)CCCCCCCC/C=C\C/C=C\CCCCC. The van der Waals surface area contributed by atoms with Crippen LogP contribution in [0.25, 0.3) is 0 Å². The van der Waals surface area contributed by atoms with Gasteiger partial charge in [-0.25, -0.2) is 0 Å². The van der Waals surface area contributed by atoms with E-state index in [9.17, 15) is 0 Å². The summed E-state index contributed by atoms with van der Waals surface area (Å²) in [6.07, 6.45) is 57.5. The summed E-state index contributed by atoms with van der Waals surface area (Å²) in [6, 6.07) is 0. The van der Waals surface area contributed by atoms with Gasteiger partial charge in [0.2, 0.25) is 0 Å². The summed E-state index contributed by atoms with van der Waals surface area (Å²) in [5.41, 5.74) is 1.75. The normalized spacial score (nSPS) is 12.9. The van der Waals surface area contributed by atoms with Crippen molar-refractivity contribution in [1.29, 1.82) is 0 Å². The van der Waals surface area contributed by atoms with Crippen LogP contribution in [0.4, 0.5) is 0 Å². The monoisotopic (exact) mass is 596 g/mol. The molecule has 0 saturated carbocycles. The van der Waals surface area contributed by atoms with Crippen LogP contribution in [-0.2, 0) is 0 Å². The van der Waals surface area contributed by atoms with E-state index in [1.54, 1.807) is 5.57 Å². The molecule has 250 valence electrons. The molecule has 0 aliphatic carbocycles. The van der Waals surface area contributed by atoms with Crippen LogP contribution < -0.4 is 0 Å². The molecular weight excluding hydrogens is 518 g/mol. The Labute approximate surface area is 272 Å². The Morgan fingerprint density at radius 3 is 1.12 bits per heavy atom. The first-order valence-corrected chi connectivity index (χ1v) is 19.1. The van der Waals surface area contributed by atoms with Crippen molar-refractivity contribution in [3.63, 3.8) is 0 Å². The van der Waals surface area contributed by atoms with Gasteiger partial charge < -0.3 is 4.90 Å². The molecule has 0 N–H and O–H groups in total. The molecule has 0 aliphatic heterocycles. The zero-order valence-corrected chi connectivity index (χ0v) is 29.9. The van der Waals surface area contributed by atoms with Gasteiger partial charge in [-0.2, -0.15) is 0 Å². The van der Waals surface area contributed by atoms with Crippen molar-refractivity contribution < 1.29 is 0 Å². The van der Waals surface area contributed by atoms with E-state index in [1.165, 1.54) is 167 Å². The fourth-order valence-corrected chi connectivity index (χ4v) is 5.54. The second-order valence-electron chi connectivity index (χ2n) is 13.1. The molecule has 0 aromatic heterocycles. The lowest BCUT2D eigenvalue weighted by molar-refractivity contribution is 0.416. The third-order valence-corrected chi connectivity index (χ3v) is 8.41. The summed E-state index contributed by atoms with van der Waals surface area (Å²) in [5, 5.41) is 0. The van der Waals surface area contributed by atoms with Crippen LogP contribution in [0.15, 0.2) is 60.3 Å². The zero-order chi connectivity index (χ0) is 31.3. The van der Waals surface area contributed by atoms with Gasteiger partial charge in [0.15, 0.2) is 0 Å². The van der Waals surface area contributed by atoms with E-state index in [1.807, 2.05) is 0 Å². The summed E-state index contributed by atoms with van der Waals surface area (Å²) in [4.78, 5) is 2.31. The average molecular weight is 596 g/mol. The molecule has 1 heteroatoms. The first-order chi connectivity index (χ1) is 21.2. The topological polar surface area (TPSA) is 3.24 Å². The predicted octanol–water partition coefficient (Wildman–Crippen LogP) is 14.3. The molecule has 0 fully saturated rings. The highest BCUT2D eigenvalue weighted by Gasteiger charge is 2.01. The molecule has 0 radical (unpaired) electrons. The molecule has 0 bridgehead atoms. The molecule has 0 saturated heterocycles. The fourth-order valence-electron chi connectivity index (χ4n) is 5.54. The van der Waals surface area contributed by atoms with E-state index < -0.39 is 0 Å². The van der Waals surface area contributed by atoms with Crippen LogP contribution in [0.2, 0.25) is 0 Å². The van der Waals surface area contributed by atoms with Crippen LogP contribution in [0, 0.1) is 0 Å². The first-order valence-electron chi connectivity index (χ1n) is 19.1. The molecule has 0 atom stereocenters. The molecule has 0 spiro atoms. The lowest BCUT2D eigenvalue weighted by Gasteiger charge is -2.11. The minimum absolute atomic E-state index is 1.12. The third kappa shape index (κ3) is 36.8. The van der Waals surface area contributed by atoms with Gasteiger partial charge in [0.1, 0.15) is 0 Å². The van der Waals surface area contributed by atoms with Gasteiger partial charge in [-0.15, -0.1) is 0 Å². The van der Waals surface area contributed by atoms with E-state index in [0.717, 1.165) is 12.8 Å². The minimum atomic E-state index is 1.12. The maximum Gasteiger partial charge on any atom is 0.000990 e. The maximum atomic E-state index is 2.58. The summed E-state index contributed by atoms with van der Waals surface area (Å²) in [5.74, 6) is 0. The Balaban J connectivity index is 3.82. The van der Waals surface area contributed by atoms with Crippen LogP contribution in [0.3, 0.4) is 0 Å². The Bertz CT molecular complexity index is 627. The van der Waals surface area contributed by atoms with Crippen molar-refractivity contribution in [2.24, 2.45) is 0 Å². The molecule has 0 aliphatic rings. The highest BCUT2D eigenvalue weighted by Crippen LogP contribution is 2.19. The number of rotatable bonds is 33. The zero-order valence-electron chi connectivity index (χ0n) is 29.9. The van der Waals surface area contributed by atoms with E-state index in [4.69, 9.17) is 0 Å². The van der Waals surface area contributed by atoms with Crippen molar-refractivity contribution in [2.75, 3.05) is 20.6 Å². The van der Waals surface area contributed by atoms with Crippen LogP contribution in [0.5, 0.6) is 0 Å². The molecule has 0 heterocycles. The van der Waals surface area contributed by atoms with Gasteiger partial charge in [-0.05, 0) is 110 Å². The van der Waals surface area contributed by atoms with Crippen molar-refractivity contribution in [3.05, 3.63) is 60.3 Å². The highest BCUT2D eigenvalue weighted by molar-refractivity contribution is 5.02. The second-order valence-corrected chi connectivity index (χ2v) is 13.1. The van der Waals surface area contributed by atoms with Gasteiger partial charge in [-0.3, -0.25) is 0 Å². The molecule has 0 aromatic carbocycles. The van der Waals surface area contributed by atoms with Gasteiger partial charge >= 0.3 is 0 Å². The van der Waals surface area contributed by atoms with E-state index in [0.29, 0.717) is 0 Å². The van der Waals surface area contributed by atoms with Crippen LogP contribution in [-0.4, -0.2) is 25.5 Å². The average Bonchev–Trinajstić information content (AvgIpc) is 3.00. The Hall–Kier alpha value is -1.34. The first kappa shape index (κ1) is 41.7. The molecule has 0 aromatic rings. The molecule has 0 rings (SSSR count). The second kappa shape index (κ2) is 36.8. The lowest BCUT2D eigenvalue weighted by atomic mass is 9.98. The maximum absolute atomic E-state index is 2.58. The Morgan fingerprint density at radius 2 is 0.744 bits per heavy atom. The fraction of sp³-hybridized carbons (Fsp3) is 0.762. The third-order valence-electron chi connectivity index (χ3n) is 8.41. The van der Waals surface area contributed by atoms with Crippen LogP contribution in [0.1, 0.15) is 187 Å². The van der Waals surface area contributed by atoms with Gasteiger partial charge in [0, 0.05) is 6.54 Å². The number of unbranched alkanes of at least 4 members (excludes halogenated alkanes) is 18. The van der Waals surface area contributed by atoms with E-state index >= 15 is 0 Å². The molecule has 0 unspecified atom stereocenters. The van der Waals surface area contributed by atoms with Crippen LogP contribution >= 0.6 is 0 Å². The summed E-state index contributed by atoms with van der Waals surface area (Å²) in [6.45, 7) is 5.72. The van der Waals surface area contributed by atoms with Gasteiger partial charge in [0.25, 0.3) is 0 Å². The van der Waals surface area contributed by atoms with Crippen molar-refractivity contribution in [3.8, 4) is 0 Å². The smallest absolute Gasteiger partial charge is 0.000990 e. The largest absolute Gasteiger partial charge is 0.309 e. The summed E-state index contributed by atoms with van der Waals surface area (Å²) in [7, 11) is 4.39. The van der Waals surface area contributed by atoms with Crippen molar-refractivity contribution >= 4 is 0 Å². The number of hydrogen-bond acceptors (Lipinski definition) is 1. The van der Waals surface area contributed by atoms with E-state index in [2.05, 4.69) is 87.5 Å². The number of nitrogens with zero attached hydrogens (tertiary/aromatic N) is 1. The number of hydrogen-bond donors (Lipinski definition) is 0. The molecule has 0 amide bonds. The van der Waals surface area contributed by atoms with Crippen molar-refractivity contribution in [2.45, 2.75) is 187 Å². The number of allylic oxidation sites excluding steroid dienone is 9. The van der Waals surface area contributed by atoms with Gasteiger partial charge in [0.05, 0.1) is 0 Å². The molecule has 43 heavy (non-hydrogen) atoms. The quantitative estimate of drug-likeness (QED) is 0.0539. The van der Waals surface area contributed by atoms with Gasteiger partial charge in [-0.1, -0.05) is 151 Å². The van der Waals surface area contributed by atoms with E-state index in [-0.39, 0.29) is 0 Å². The Morgan fingerprint density at radius 1 is 0.395 bits per heavy atom. The Kier molecular flexibility index (Phi) is 35.7. The predicted molar refractivity (Wildman–Crippen MR) is 199 cm³/mol. The summed E-state index contributed by atoms with van der Waals surface area (Å²) >= 11 is 0. The summed E-state index contributed by atoms with van der Waals surface area (Å²) < 4.78 is 0. The standard InChI is InChI=1S/C42H77N/c1-5-7-9-11-13-15-17-19-21-23-25-27-29-31-33-35-38-42(40-37-41-43(3)4)39-36-34-32-30-28-26-24-22-20-18-16-14-12-10-8-6-2/h13-16,19-22,40H,5-12,17-18,23-39,41H2,1-4H3/b15-13-,16-14-,21-19-,22-20?,42-40?. The van der Waals surface area contributed by atoms with Crippen molar-refractivity contribution in [1.82, 2.24) is 4.90 Å². The minimum Gasteiger partial charge on any atom is -0.309 e.